The highest BCUT2D eigenvalue weighted by Crippen LogP contribution is 2.16. The fourth-order valence-corrected chi connectivity index (χ4v) is 2.33. The summed E-state index contributed by atoms with van der Waals surface area (Å²) in [4.78, 5) is 4.25. The maximum absolute atomic E-state index is 4.25. The average Bonchev–Trinajstić information content (AvgIpc) is 2.87. The van der Waals surface area contributed by atoms with Gasteiger partial charge in [0.1, 0.15) is 0 Å². The molecular weight excluding hydrogens is 224 g/mol. The molecule has 0 saturated carbocycles. The topological polar surface area (TPSA) is 41.9 Å². The molecule has 18 heavy (non-hydrogen) atoms. The number of hydrogen-bond donors (Lipinski definition) is 2. The molecule has 2 heterocycles. The summed E-state index contributed by atoms with van der Waals surface area (Å²) in [5, 5.41) is 6.92. The zero-order chi connectivity index (χ0) is 12.4. The first-order valence-corrected chi connectivity index (χ1v) is 6.38. The van der Waals surface area contributed by atoms with Gasteiger partial charge in [-0.1, -0.05) is 12.1 Å². The number of aryl methyl sites for hydroxylation is 1. The van der Waals surface area contributed by atoms with Gasteiger partial charge in [0, 0.05) is 37.6 Å². The van der Waals surface area contributed by atoms with Crippen LogP contribution in [0.5, 0.6) is 0 Å². The molecule has 4 heteroatoms. The molecule has 4 nitrogen and oxygen atoms in total. The average molecular weight is 242 g/mol. The third-order valence-electron chi connectivity index (χ3n) is 3.35. The molecule has 0 aliphatic carbocycles. The van der Waals surface area contributed by atoms with Gasteiger partial charge in [-0.15, -0.1) is 0 Å². The highest BCUT2D eigenvalue weighted by Gasteiger charge is 2.13. The van der Waals surface area contributed by atoms with Gasteiger partial charge >= 0.3 is 0 Å². The Bertz CT molecular complexity index is 509. The summed E-state index contributed by atoms with van der Waals surface area (Å²) < 4.78 is 2.05. The number of rotatable bonds is 2. The Kier molecular flexibility index (Phi) is 3.13. The lowest BCUT2D eigenvalue weighted by atomic mass is 10.1. The van der Waals surface area contributed by atoms with E-state index in [4.69, 9.17) is 0 Å². The van der Waals surface area contributed by atoms with Crippen LogP contribution in [0.3, 0.4) is 0 Å². The predicted octanol–water partition coefficient (Wildman–Crippen LogP) is 1.41. The number of piperazine rings is 1. The second kappa shape index (κ2) is 4.92. The maximum Gasteiger partial charge on any atom is 0.0995 e. The molecule has 1 aliphatic heterocycles. The van der Waals surface area contributed by atoms with Crippen LogP contribution in [0.15, 0.2) is 36.8 Å². The number of nitrogens with zero attached hydrogens (tertiary/aromatic N) is 2. The van der Waals surface area contributed by atoms with E-state index in [1.165, 1.54) is 5.56 Å². The van der Waals surface area contributed by atoms with E-state index in [2.05, 4.69) is 39.9 Å². The first-order valence-electron chi connectivity index (χ1n) is 6.38. The van der Waals surface area contributed by atoms with Crippen LogP contribution in [-0.2, 0) is 0 Å². The van der Waals surface area contributed by atoms with Gasteiger partial charge < -0.3 is 15.2 Å². The summed E-state index contributed by atoms with van der Waals surface area (Å²) in [5.41, 5.74) is 3.53. The van der Waals surface area contributed by atoms with Crippen molar-refractivity contribution in [2.75, 3.05) is 19.6 Å². The normalized spacial score (nSPS) is 19.9. The Morgan fingerprint density at radius 2 is 2.06 bits per heavy atom. The van der Waals surface area contributed by atoms with Gasteiger partial charge in [-0.05, 0) is 24.6 Å². The van der Waals surface area contributed by atoms with Gasteiger partial charge in [-0.3, -0.25) is 0 Å². The monoisotopic (exact) mass is 242 g/mol. The Morgan fingerprint density at radius 3 is 2.67 bits per heavy atom. The number of imidazole rings is 1. The molecule has 0 spiro atoms. The molecule has 1 fully saturated rings. The molecule has 94 valence electrons. The molecule has 0 unspecified atom stereocenters. The minimum absolute atomic E-state index is 0.428. The van der Waals surface area contributed by atoms with Gasteiger partial charge in [0.25, 0.3) is 0 Å². The zero-order valence-corrected chi connectivity index (χ0v) is 10.6. The van der Waals surface area contributed by atoms with Crippen LogP contribution >= 0.6 is 0 Å². The minimum Gasteiger partial charge on any atom is -0.314 e. The van der Waals surface area contributed by atoms with E-state index in [0.717, 1.165) is 31.0 Å². The van der Waals surface area contributed by atoms with Crippen molar-refractivity contribution in [3.63, 3.8) is 0 Å². The number of nitrogens with one attached hydrogen (secondary N) is 2. The second-order valence-electron chi connectivity index (χ2n) is 4.72. The van der Waals surface area contributed by atoms with Crippen LogP contribution in [-0.4, -0.2) is 29.2 Å². The highest BCUT2D eigenvalue weighted by atomic mass is 15.1. The molecule has 2 aromatic rings. The van der Waals surface area contributed by atoms with Crippen LogP contribution in [0.25, 0.3) is 5.69 Å². The van der Waals surface area contributed by atoms with Crippen molar-refractivity contribution >= 4 is 0 Å². The first-order chi connectivity index (χ1) is 8.83. The molecular formula is C14H18N4. The van der Waals surface area contributed by atoms with Crippen molar-refractivity contribution in [2.24, 2.45) is 0 Å². The highest BCUT2D eigenvalue weighted by molar-refractivity contribution is 5.36. The SMILES string of the molecule is Cc1cn(-c2ccc([C@H]3CNCCN3)cc2)cn1. The Balaban J connectivity index is 1.80. The smallest absolute Gasteiger partial charge is 0.0995 e. The van der Waals surface area contributed by atoms with Crippen molar-refractivity contribution in [2.45, 2.75) is 13.0 Å². The second-order valence-corrected chi connectivity index (χ2v) is 4.72. The van der Waals surface area contributed by atoms with E-state index in [1.54, 1.807) is 0 Å². The van der Waals surface area contributed by atoms with Gasteiger partial charge in [-0.25, -0.2) is 4.98 Å². The summed E-state index contributed by atoms with van der Waals surface area (Å²) in [6.45, 7) is 5.10. The fourth-order valence-electron chi connectivity index (χ4n) is 2.33. The molecule has 0 bridgehead atoms. The molecule has 2 N–H and O–H groups in total. The molecule has 0 radical (unpaired) electrons. The van der Waals surface area contributed by atoms with Crippen molar-refractivity contribution in [1.29, 1.82) is 0 Å². The third-order valence-corrected chi connectivity index (χ3v) is 3.35. The number of hydrogen-bond acceptors (Lipinski definition) is 3. The van der Waals surface area contributed by atoms with Gasteiger partial charge in [0.05, 0.1) is 12.0 Å². The van der Waals surface area contributed by atoms with E-state index in [-0.39, 0.29) is 0 Å². The zero-order valence-electron chi connectivity index (χ0n) is 10.6. The maximum atomic E-state index is 4.25. The quantitative estimate of drug-likeness (QED) is 0.837. The van der Waals surface area contributed by atoms with Crippen LogP contribution in [0.4, 0.5) is 0 Å². The van der Waals surface area contributed by atoms with Crippen molar-refractivity contribution < 1.29 is 0 Å². The van der Waals surface area contributed by atoms with Gasteiger partial charge in [0.15, 0.2) is 0 Å². The van der Waals surface area contributed by atoms with E-state index < -0.39 is 0 Å². The Morgan fingerprint density at radius 1 is 1.22 bits per heavy atom. The third kappa shape index (κ3) is 2.30. The largest absolute Gasteiger partial charge is 0.314 e. The van der Waals surface area contributed by atoms with Crippen molar-refractivity contribution in [3.05, 3.63) is 48.0 Å². The van der Waals surface area contributed by atoms with E-state index >= 15 is 0 Å². The Labute approximate surface area is 107 Å². The van der Waals surface area contributed by atoms with Crippen LogP contribution in [0.2, 0.25) is 0 Å². The first kappa shape index (κ1) is 11.4. The van der Waals surface area contributed by atoms with E-state index in [1.807, 2.05) is 24.0 Å². The molecule has 1 aromatic carbocycles. The molecule has 1 saturated heterocycles. The van der Waals surface area contributed by atoms with Crippen LogP contribution < -0.4 is 10.6 Å². The molecule has 1 atom stereocenters. The van der Waals surface area contributed by atoms with Crippen LogP contribution in [0.1, 0.15) is 17.3 Å². The molecule has 1 aliphatic rings. The van der Waals surface area contributed by atoms with Crippen LogP contribution in [0, 0.1) is 6.92 Å². The summed E-state index contributed by atoms with van der Waals surface area (Å²) in [6, 6.07) is 9.10. The van der Waals surface area contributed by atoms with Crippen molar-refractivity contribution in [1.82, 2.24) is 20.2 Å². The lowest BCUT2D eigenvalue weighted by molar-refractivity contribution is 0.430. The summed E-state index contributed by atoms with van der Waals surface area (Å²) in [7, 11) is 0. The molecule has 1 aromatic heterocycles. The lowest BCUT2D eigenvalue weighted by Crippen LogP contribution is -2.42. The summed E-state index contributed by atoms with van der Waals surface area (Å²) in [5.74, 6) is 0. The molecule has 3 rings (SSSR count). The minimum atomic E-state index is 0.428. The van der Waals surface area contributed by atoms with Gasteiger partial charge in [0.2, 0.25) is 0 Å². The summed E-state index contributed by atoms with van der Waals surface area (Å²) in [6.07, 6.45) is 3.89. The van der Waals surface area contributed by atoms with E-state index in [0.29, 0.717) is 6.04 Å². The molecule has 0 amide bonds. The summed E-state index contributed by atoms with van der Waals surface area (Å²) >= 11 is 0. The number of aromatic nitrogens is 2. The predicted molar refractivity (Wildman–Crippen MR) is 71.9 cm³/mol. The fraction of sp³-hybridized carbons (Fsp3) is 0.357. The van der Waals surface area contributed by atoms with Crippen molar-refractivity contribution in [3.8, 4) is 5.69 Å². The Hall–Kier alpha value is -1.65. The lowest BCUT2D eigenvalue weighted by Gasteiger charge is -2.25. The standard InChI is InChI=1S/C14H18N4/c1-11-9-18(10-17-11)13-4-2-12(3-5-13)14-8-15-6-7-16-14/h2-5,9-10,14-16H,6-8H2,1H3/t14-/m1/s1. The number of benzene rings is 1. The van der Waals surface area contributed by atoms with E-state index in [9.17, 15) is 0 Å². The van der Waals surface area contributed by atoms with Gasteiger partial charge in [-0.2, -0.15) is 0 Å².